The van der Waals surface area contributed by atoms with Gasteiger partial charge >= 0.3 is 0 Å². The molecule has 1 heterocycles. The number of hydrogen-bond acceptors (Lipinski definition) is 4. The van der Waals surface area contributed by atoms with Gasteiger partial charge < -0.3 is 10.4 Å². The van der Waals surface area contributed by atoms with Gasteiger partial charge in [-0.05, 0) is 26.7 Å². The zero-order chi connectivity index (χ0) is 12.3. The molecule has 94 valence electrons. The van der Waals surface area contributed by atoms with Crippen LogP contribution in [0.25, 0.3) is 0 Å². The third-order valence-corrected chi connectivity index (χ3v) is 3.60. The van der Waals surface area contributed by atoms with Gasteiger partial charge in [0.1, 0.15) is 0 Å². The molecule has 1 aromatic rings. The summed E-state index contributed by atoms with van der Waals surface area (Å²) in [7, 11) is 0. The fraction of sp³-hybridized carbons (Fsp3) is 0.692. The highest BCUT2D eigenvalue weighted by Gasteiger charge is 2.31. The van der Waals surface area contributed by atoms with Crippen LogP contribution >= 0.6 is 0 Å². The summed E-state index contributed by atoms with van der Waals surface area (Å²) in [5.41, 5.74) is 1.41. The summed E-state index contributed by atoms with van der Waals surface area (Å²) in [5.74, 6) is 0. The van der Waals surface area contributed by atoms with Gasteiger partial charge in [0.2, 0.25) is 0 Å². The van der Waals surface area contributed by atoms with E-state index in [4.69, 9.17) is 0 Å². The van der Waals surface area contributed by atoms with Crippen molar-refractivity contribution in [3.8, 4) is 0 Å². The number of hydrogen-bond donors (Lipinski definition) is 2. The van der Waals surface area contributed by atoms with E-state index in [0.717, 1.165) is 37.1 Å². The molecule has 0 aromatic carbocycles. The Hall–Kier alpha value is -1.00. The lowest BCUT2D eigenvalue weighted by Gasteiger charge is -2.25. The molecule has 0 bridgehead atoms. The molecule has 1 aliphatic carbocycles. The van der Waals surface area contributed by atoms with Gasteiger partial charge in [0.05, 0.1) is 17.0 Å². The second kappa shape index (κ2) is 5.10. The Balaban J connectivity index is 1.93. The Kier molecular flexibility index (Phi) is 3.74. The van der Waals surface area contributed by atoms with Crippen LogP contribution in [0.3, 0.4) is 0 Å². The maximum Gasteiger partial charge on any atom is 0.0782 e. The van der Waals surface area contributed by atoms with Crippen molar-refractivity contribution < 1.29 is 5.11 Å². The lowest BCUT2D eigenvalue weighted by atomic mass is 10.0. The van der Waals surface area contributed by atoms with Gasteiger partial charge in [-0.3, -0.25) is 9.97 Å². The topological polar surface area (TPSA) is 58.0 Å². The summed E-state index contributed by atoms with van der Waals surface area (Å²) < 4.78 is 0. The molecule has 4 heteroatoms. The van der Waals surface area contributed by atoms with Crippen LogP contribution in [0.1, 0.15) is 50.0 Å². The van der Waals surface area contributed by atoms with Crippen LogP contribution in [0.2, 0.25) is 0 Å². The van der Waals surface area contributed by atoms with E-state index in [1.165, 1.54) is 0 Å². The zero-order valence-corrected chi connectivity index (χ0v) is 10.6. The van der Waals surface area contributed by atoms with Crippen molar-refractivity contribution in [3.05, 3.63) is 23.8 Å². The Morgan fingerprint density at radius 2 is 2.00 bits per heavy atom. The van der Waals surface area contributed by atoms with Crippen molar-refractivity contribution in [2.45, 2.75) is 51.2 Å². The fourth-order valence-corrected chi connectivity index (χ4v) is 2.49. The molecular weight excluding hydrogens is 214 g/mol. The quantitative estimate of drug-likeness (QED) is 0.834. The molecule has 2 N–H and O–H groups in total. The van der Waals surface area contributed by atoms with Crippen molar-refractivity contribution in [3.63, 3.8) is 0 Å². The first kappa shape index (κ1) is 12.5. The third kappa shape index (κ3) is 3.01. The first-order valence-corrected chi connectivity index (χ1v) is 6.34. The predicted molar refractivity (Wildman–Crippen MR) is 66.6 cm³/mol. The maximum atomic E-state index is 10.3. The van der Waals surface area contributed by atoms with Crippen LogP contribution in [0.4, 0.5) is 0 Å². The lowest BCUT2D eigenvalue weighted by molar-refractivity contribution is 0.0452. The van der Waals surface area contributed by atoms with Crippen molar-refractivity contribution in [1.29, 1.82) is 0 Å². The summed E-state index contributed by atoms with van der Waals surface area (Å²) in [5, 5.41) is 13.6. The summed E-state index contributed by atoms with van der Waals surface area (Å²) in [4.78, 5) is 8.57. The van der Waals surface area contributed by atoms with Crippen molar-refractivity contribution >= 4 is 0 Å². The Morgan fingerprint density at radius 3 is 2.65 bits per heavy atom. The standard InChI is InChI=1S/C13H21N3O/c1-10-12(15-8-7-14-10)11(2)16-9-13(17)5-3-4-6-13/h7-8,11,16-17H,3-6,9H2,1-2H3. The number of nitrogens with one attached hydrogen (secondary N) is 1. The maximum absolute atomic E-state index is 10.3. The molecule has 0 amide bonds. The molecule has 1 saturated carbocycles. The molecule has 1 aliphatic rings. The first-order valence-electron chi connectivity index (χ1n) is 6.34. The van der Waals surface area contributed by atoms with E-state index in [1.807, 2.05) is 6.92 Å². The minimum absolute atomic E-state index is 0.133. The normalized spacial score (nSPS) is 20.4. The highest BCUT2D eigenvalue weighted by Crippen LogP contribution is 2.29. The average molecular weight is 235 g/mol. The number of aliphatic hydroxyl groups is 1. The SMILES string of the molecule is Cc1nccnc1C(C)NCC1(O)CCCC1. The van der Waals surface area contributed by atoms with Gasteiger partial charge in [0.25, 0.3) is 0 Å². The monoisotopic (exact) mass is 235 g/mol. The van der Waals surface area contributed by atoms with E-state index in [0.29, 0.717) is 6.54 Å². The molecule has 4 nitrogen and oxygen atoms in total. The molecule has 1 unspecified atom stereocenters. The molecular formula is C13H21N3O. The molecule has 17 heavy (non-hydrogen) atoms. The van der Waals surface area contributed by atoms with Crippen LogP contribution < -0.4 is 5.32 Å². The molecule has 1 aromatic heterocycles. The smallest absolute Gasteiger partial charge is 0.0782 e. The van der Waals surface area contributed by atoms with Gasteiger partial charge in [0, 0.05) is 25.0 Å². The largest absolute Gasteiger partial charge is 0.389 e. The molecule has 0 saturated heterocycles. The summed E-state index contributed by atoms with van der Waals surface area (Å²) in [6, 6.07) is 0.133. The second-order valence-corrected chi connectivity index (χ2v) is 5.06. The van der Waals surface area contributed by atoms with Crippen LogP contribution in [-0.2, 0) is 0 Å². The van der Waals surface area contributed by atoms with Crippen LogP contribution in [0.5, 0.6) is 0 Å². The van der Waals surface area contributed by atoms with E-state index in [2.05, 4.69) is 22.2 Å². The Labute approximate surface area is 102 Å². The first-order chi connectivity index (χ1) is 8.11. The third-order valence-electron chi connectivity index (χ3n) is 3.60. The number of rotatable bonds is 4. The molecule has 1 fully saturated rings. The number of aryl methyl sites for hydroxylation is 1. The molecule has 0 radical (unpaired) electrons. The predicted octanol–water partition coefficient (Wildman–Crippen LogP) is 1.74. The van der Waals surface area contributed by atoms with E-state index in [-0.39, 0.29) is 6.04 Å². The Morgan fingerprint density at radius 1 is 1.35 bits per heavy atom. The van der Waals surface area contributed by atoms with Crippen LogP contribution in [0.15, 0.2) is 12.4 Å². The second-order valence-electron chi connectivity index (χ2n) is 5.06. The zero-order valence-electron chi connectivity index (χ0n) is 10.6. The van der Waals surface area contributed by atoms with E-state index >= 15 is 0 Å². The molecule has 2 rings (SSSR count). The van der Waals surface area contributed by atoms with Crippen LogP contribution in [-0.4, -0.2) is 27.2 Å². The number of aromatic nitrogens is 2. The summed E-state index contributed by atoms with van der Waals surface area (Å²) >= 11 is 0. The summed E-state index contributed by atoms with van der Waals surface area (Å²) in [6.07, 6.45) is 7.51. The van der Waals surface area contributed by atoms with Gasteiger partial charge in [-0.25, -0.2) is 0 Å². The summed E-state index contributed by atoms with van der Waals surface area (Å²) in [6.45, 7) is 4.67. The molecule has 0 spiro atoms. The average Bonchev–Trinajstić information content (AvgIpc) is 2.74. The minimum Gasteiger partial charge on any atom is -0.389 e. The van der Waals surface area contributed by atoms with Crippen molar-refractivity contribution in [2.75, 3.05) is 6.54 Å². The highest BCUT2D eigenvalue weighted by atomic mass is 16.3. The molecule has 1 atom stereocenters. The van der Waals surface area contributed by atoms with E-state index in [9.17, 15) is 5.11 Å². The van der Waals surface area contributed by atoms with Crippen molar-refractivity contribution in [1.82, 2.24) is 15.3 Å². The lowest BCUT2D eigenvalue weighted by Crippen LogP contribution is -2.39. The van der Waals surface area contributed by atoms with Gasteiger partial charge in [0.15, 0.2) is 0 Å². The minimum atomic E-state index is -0.510. The van der Waals surface area contributed by atoms with Crippen molar-refractivity contribution in [2.24, 2.45) is 0 Å². The van der Waals surface area contributed by atoms with E-state index in [1.54, 1.807) is 12.4 Å². The number of nitrogens with zero attached hydrogens (tertiary/aromatic N) is 2. The molecule has 0 aliphatic heterocycles. The van der Waals surface area contributed by atoms with Gasteiger partial charge in [-0.1, -0.05) is 12.8 Å². The highest BCUT2D eigenvalue weighted by molar-refractivity contribution is 5.12. The van der Waals surface area contributed by atoms with E-state index < -0.39 is 5.60 Å². The van der Waals surface area contributed by atoms with Crippen LogP contribution in [0, 0.1) is 6.92 Å². The fourth-order valence-electron chi connectivity index (χ4n) is 2.49. The Bertz CT molecular complexity index is 375. The van der Waals surface area contributed by atoms with Gasteiger partial charge in [-0.2, -0.15) is 0 Å². The van der Waals surface area contributed by atoms with Gasteiger partial charge in [-0.15, -0.1) is 0 Å².